The minimum absolute atomic E-state index is 0.551. The first-order valence-electron chi connectivity index (χ1n) is 6.05. The zero-order valence-corrected chi connectivity index (χ0v) is 11.0. The largest absolute Gasteiger partial charge is 0.254 e. The van der Waals surface area contributed by atoms with Gasteiger partial charge in [0.15, 0.2) is 0 Å². The molecule has 2 nitrogen and oxygen atoms in total. The number of nitriles is 1. The molecule has 0 aliphatic carbocycles. The summed E-state index contributed by atoms with van der Waals surface area (Å²) in [5.74, 6) is 0.639. The molecule has 1 unspecified atom stereocenters. The van der Waals surface area contributed by atoms with E-state index in [1.807, 2.05) is 36.4 Å². The number of rotatable bonds is 5. The third-order valence-corrected chi connectivity index (χ3v) is 4.29. The SMILES string of the molecule is N#CCCCCS(=O)c1ccc2ccccc2c1. The Kier molecular flexibility index (Phi) is 4.49. The molecule has 2 aromatic rings. The van der Waals surface area contributed by atoms with Crippen LogP contribution in [0.4, 0.5) is 0 Å². The van der Waals surface area contributed by atoms with Crippen molar-refractivity contribution in [1.29, 1.82) is 5.26 Å². The van der Waals surface area contributed by atoms with E-state index in [-0.39, 0.29) is 0 Å². The quantitative estimate of drug-likeness (QED) is 0.767. The van der Waals surface area contributed by atoms with Crippen molar-refractivity contribution in [1.82, 2.24) is 0 Å². The molecule has 0 aliphatic rings. The number of hydrogen-bond acceptors (Lipinski definition) is 2. The molecule has 18 heavy (non-hydrogen) atoms. The molecule has 2 rings (SSSR count). The molecule has 0 radical (unpaired) electrons. The molecule has 0 amide bonds. The molecule has 1 atom stereocenters. The first-order chi connectivity index (χ1) is 8.81. The molecule has 3 heteroatoms. The lowest BCUT2D eigenvalue weighted by atomic mass is 10.1. The Morgan fingerprint density at radius 3 is 2.61 bits per heavy atom. The number of nitrogens with zero attached hydrogens (tertiary/aromatic N) is 1. The van der Waals surface area contributed by atoms with Crippen LogP contribution in [-0.2, 0) is 10.8 Å². The standard InChI is InChI=1S/C15H15NOS/c16-10-4-1-5-11-18(17)15-9-8-13-6-2-3-7-14(13)12-15/h2-3,6-9,12H,1,4-5,11H2. The lowest BCUT2D eigenvalue weighted by Gasteiger charge is -2.03. The van der Waals surface area contributed by atoms with E-state index in [4.69, 9.17) is 5.26 Å². The van der Waals surface area contributed by atoms with Crippen LogP contribution in [0.1, 0.15) is 19.3 Å². The van der Waals surface area contributed by atoms with Crippen molar-refractivity contribution in [2.45, 2.75) is 24.2 Å². The fourth-order valence-corrected chi connectivity index (χ4v) is 3.04. The maximum absolute atomic E-state index is 12.1. The average Bonchev–Trinajstić information content (AvgIpc) is 2.43. The van der Waals surface area contributed by atoms with Crippen LogP contribution in [0.25, 0.3) is 10.8 Å². The maximum atomic E-state index is 12.1. The summed E-state index contributed by atoms with van der Waals surface area (Å²) in [7, 11) is -0.952. The number of benzene rings is 2. The second kappa shape index (κ2) is 6.32. The van der Waals surface area contributed by atoms with Gasteiger partial charge in [-0.1, -0.05) is 30.3 Å². The Hall–Kier alpha value is -1.66. The second-order valence-corrected chi connectivity index (χ2v) is 5.74. The number of hydrogen-bond donors (Lipinski definition) is 0. The third kappa shape index (κ3) is 3.18. The first kappa shape index (κ1) is 12.8. The van der Waals surface area contributed by atoms with Crippen LogP contribution in [0.3, 0.4) is 0 Å². The van der Waals surface area contributed by atoms with Gasteiger partial charge >= 0.3 is 0 Å². The van der Waals surface area contributed by atoms with E-state index in [2.05, 4.69) is 12.1 Å². The van der Waals surface area contributed by atoms with E-state index in [0.29, 0.717) is 12.2 Å². The molecule has 2 aromatic carbocycles. The molecule has 0 saturated heterocycles. The predicted molar refractivity (Wildman–Crippen MR) is 74.7 cm³/mol. The summed E-state index contributed by atoms with van der Waals surface area (Å²) in [4.78, 5) is 0.880. The highest BCUT2D eigenvalue weighted by Gasteiger charge is 2.04. The monoisotopic (exact) mass is 257 g/mol. The van der Waals surface area contributed by atoms with Gasteiger partial charge in [-0.3, -0.25) is 4.21 Å². The molecule has 0 aromatic heterocycles. The lowest BCUT2D eigenvalue weighted by Crippen LogP contribution is -1.98. The Labute approximate surface area is 110 Å². The Bertz CT molecular complexity index is 601. The highest BCUT2D eigenvalue weighted by Crippen LogP contribution is 2.18. The molecule has 0 spiro atoms. The van der Waals surface area contributed by atoms with E-state index in [1.54, 1.807) is 0 Å². The van der Waals surface area contributed by atoms with Gasteiger partial charge in [-0.2, -0.15) is 5.26 Å². The molecule has 0 aliphatic heterocycles. The van der Waals surface area contributed by atoms with E-state index < -0.39 is 10.8 Å². The normalized spacial score (nSPS) is 12.2. The number of fused-ring (bicyclic) bond motifs is 1. The van der Waals surface area contributed by atoms with Crippen molar-refractivity contribution in [3.05, 3.63) is 42.5 Å². The Morgan fingerprint density at radius 2 is 1.83 bits per heavy atom. The van der Waals surface area contributed by atoms with Gasteiger partial charge in [0.1, 0.15) is 0 Å². The maximum Gasteiger partial charge on any atom is 0.0621 e. The van der Waals surface area contributed by atoms with Crippen LogP contribution < -0.4 is 0 Å². The summed E-state index contributed by atoms with van der Waals surface area (Å²) in [5.41, 5.74) is 0. The van der Waals surface area contributed by atoms with Gasteiger partial charge in [0.2, 0.25) is 0 Å². The van der Waals surface area contributed by atoms with Crippen LogP contribution in [0.5, 0.6) is 0 Å². The zero-order valence-electron chi connectivity index (χ0n) is 10.1. The molecule has 0 heterocycles. The van der Waals surface area contributed by atoms with Crippen molar-refractivity contribution in [3.63, 3.8) is 0 Å². The van der Waals surface area contributed by atoms with Crippen molar-refractivity contribution in [2.24, 2.45) is 0 Å². The molecule has 0 N–H and O–H groups in total. The van der Waals surface area contributed by atoms with Gasteiger partial charge in [0.25, 0.3) is 0 Å². The van der Waals surface area contributed by atoms with E-state index in [9.17, 15) is 4.21 Å². The number of unbranched alkanes of at least 4 members (excludes halogenated alkanes) is 2. The van der Waals surface area contributed by atoms with Crippen LogP contribution in [0.15, 0.2) is 47.4 Å². The van der Waals surface area contributed by atoms with E-state index >= 15 is 0 Å². The molecular weight excluding hydrogens is 242 g/mol. The van der Waals surface area contributed by atoms with Crippen molar-refractivity contribution >= 4 is 21.6 Å². The van der Waals surface area contributed by atoms with E-state index in [0.717, 1.165) is 23.1 Å². The third-order valence-electron chi connectivity index (χ3n) is 2.85. The summed E-state index contributed by atoms with van der Waals surface area (Å²) < 4.78 is 12.1. The van der Waals surface area contributed by atoms with Crippen molar-refractivity contribution in [2.75, 3.05) is 5.75 Å². The topological polar surface area (TPSA) is 40.9 Å². The highest BCUT2D eigenvalue weighted by atomic mass is 32.2. The van der Waals surface area contributed by atoms with Gasteiger partial charge in [-0.15, -0.1) is 0 Å². The van der Waals surface area contributed by atoms with Crippen molar-refractivity contribution < 1.29 is 4.21 Å². The molecular formula is C15H15NOS. The van der Waals surface area contributed by atoms with Gasteiger partial charge in [-0.05, 0) is 35.7 Å². The Balaban J connectivity index is 2.06. The Morgan fingerprint density at radius 1 is 1.06 bits per heavy atom. The summed E-state index contributed by atoms with van der Waals surface area (Å²) in [6, 6.07) is 16.1. The lowest BCUT2D eigenvalue weighted by molar-refractivity contribution is 0.678. The first-order valence-corrected chi connectivity index (χ1v) is 7.37. The van der Waals surface area contributed by atoms with Gasteiger partial charge in [0.05, 0.1) is 16.9 Å². The van der Waals surface area contributed by atoms with Crippen LogP contribution >= 0.6 is 0 Å². The minimum atomic E-state index is -0.952. The molecule has 0 bridgehead atoms. The smallest absolute Gasteiger partial charge is 0.0621 e. The molecule has 0 saturated carbocycles. The zero-order chi connectivity index (χ0) is 12.8. The van der Waals surface area contributed by atoms with Crippen LogP contribution in [0.2, 0.25) is 0 Å². The second-order valence-electron chi connectivity index (χ2n) is 4.17. The van der Waals surface area contributed by atoms with Crippen molar-refractivity contribution in [3.8, 4) is 6.07 Å². The molecule has 0 fully saturated rings. The highest BCUT2D eigenvalue weighted by molar-refractivity contribution is 7.85. The van der Waals surface area contributed by atoms with Gasteiger partial charge in [-0.25, -0.2) is 0 Å². The van der Waals surface area contributed by atoms with E-state index in [1.165, 1.54) is 5.39 Å². The summed E-state index contributed by atoms with van der Waals surface area (Å²) in [5, 5.41) is 10.7. The fraction of sp³-hybridized carbons (Fsp3) is 0.267. The predicted octanol–water partition coefficient (Wildman–Crippen LogP) is 3.64. The van der Waals surface area contributed by atoms with Crippen LogP contribution in [0, 0.1) is 11.3 Å². The fourth-order valence-electron chi connectivity index (χ4n) is 1.86. The average molecular weight is 257 g/mol. The van der Waals surface area contributed by atoms with Crippen LogP contribution in [-0.4, -0.2) is 9.96 Å². The summed E-state index contributed by atoms with van der Waals surface area (Å²) >= 11 is 0. The summed E-state index contributed by atoms with van der Waals surface area (Å²) in [6.07, 6.45) is 2.22. The summed E-state index contributed by atoms with van der Waals surface area (Å²) in [6.45, 7) is 0. The molecule has 92 valence electrons. The van der Waals surface area contributed by atoms with Gasteiger partial charge < -0.3 is 0 Å². The van der Waals surface area contributed by atoms with Gasteiger partial charge in [0, 0.05) is 17.1 Å². The minimum Gasteiger partial charge on any atom is -0.254 e.